The minimum Gasteiger partial charge on any atom is -0.396 e. The summed E-state index contributed by atoms with van der Waals surface area (Å²) in [5, 5.41) is 12.5. The summed E-state index contributed by atoms with van der Waals surface area (Å²) >= 11 is 3.42. The zero-order chi connectivity index (χ0) is 12.0. The van der Waals surface area contributed by atoms with Crippen molar-refractivity contribution in [3.05, 3.63) is 34.3 Å². The first-order valence-electron chi connectivity index (χ1n) is 5.59. The summed E-state index contributed by atoms with van der Waals surface area (Å²) in [4.78, 5) is 0. The summed E-state index contributed by atoms with van der Waals surface area (Å²) in [7, 11) is 0. The van der Waals surface area contributed by atoms with Crippen molar-refractivity contribution in [2.24, 2.45) is 5.41 Å². The van der Waals surface area contributed by atoms with Gasteiger partial charge in [-0.15, -0.1) is 0 Å². The van der Waals surface area contributed by atoms with Crippen molar-refractivity contribution in [1.82, 2.24) is 5.32 Å². The van der Waals surface area contributed by atoms with E-state index >= 15 is 0 Å². The van der Waals surface area contributed by atoms with Gasteiger partial charge in [-0.1, -0.05) is 41.9 Å². The molecule has 2 nitrogen and oxygen atoms in total. The maximum atomic E-state index is 9.10. The van der Waals surface area contributed by atoms with Crippen LogP contribution in [0.4, 0.5) is 0 Å². The van der Waals surface area contributed by atoms with Crippen LogP contribution in [0.15, 0.2) is 28.7 Å². The normalized spacial score (nSPS) is 11.8. The van der Waals surface area contributed by atoms with Gasteiger partial charge in [0.25, 0.3) is 0 Å². The van der Waals surface area contributed by atoms with Gasteiger partial charge >= 0.3 is 0 Å². The molecule has 0 heterocycles. The molecule has 1 aromatic rings. The molecule has 0 fully saturated rings. The van der Waals surface area contributed by atoms with Crippen LogP contribution in [0.5, 0.6) is 0 Å². The number of aliphatic hydroxyl groups is 1. The molecule has 90 valence electrons. The zero-order valence-corrected chi connectivity index (χ0v) is 11.5. The molecule has 0 aliphatic carbocycles. The molecule has 0 atom stereocenters. The fraction of sp³-hybridized carbons (Fsp3) is 0.538. The Morgan fingerprint density at radius 1 is 1.25 bits per heavy atom. The number of hydrogen-bond acceptors (Lipinski definition) is 2. The molecule has 0 saturated carbocycles. The third-order valence-corrected chi connectivity index (χ3v) is 3.06. The van der Waals surface area contributed by atoms with Crippen LogP contribution in [0.2, 0.25) is 0 Å². The Bertz CT molecular complexity index is 308. The molecule has 0 amide bonds. The summed E-state index contributed by atoms with van der Waals surface area (Å²) in [6, 6.07) is 8.38. The molecule has 0 spiro atoms. The van der Waals surface area contributed by atoms with Crippen LogP contribution in [0.25, 0.3) is 0 Å². The van der Waals surface area contributed by atoms with E-state index in [1.165, 1.54) is 5.56 Å². The first kappa shape index (κ1) is 13.7. The summed E-state index contributed by atoms with van der Waals surface area (Å²) in [5.74, 6) is 0. The molecule has 2 N–H and O–H groups in total. The lowest BCUT2D eigenvalue weighted by Gasteiger charge is -2.21. The van der Waals surface area contributed by atoms with E-state index in [4.69, 9.17) is 5.11 Å². The number of halogens is 1. The van der Waals surface area contributed by atoms with E-state index in [1.54, 1.807) is 0 Å². The van der Waals surface area contributed by atoms with Crippen molar-refractivity contribution in [3.63, 3.8) is 0 Å². The van der Waals surface area contributed by atoms with E-state index in [2.05, 4.69) is 59.4 Å². The average Bonchev–Trinajstić information content (AvgIpc) is 2.27. The van der Waals surface area contributed by atoms with Gasteiger partial charge in [0.15, 0.2) is 0 Å². The molecule has 0 saturated heterocycles. The van der Waals surface area contributed by atoms with Crippen LogP contribution >= 0.6 is 15.9 Å². The van der Waals surface area contributed by atoms with Crippen molar-refractivity contribution in [2.45, 2.75) is 20.3 Å². The molecule has 0 unspecified atom stereocenters. The van der Waals surface area contributed by atoms with E-state index in [0.717, 1.165) is 24.0 Å². The van der Waals surface area contributed by atoms with Gasteiger partial charge in [-0.3, -0.25) is 0 Å². The van der Waals surface area contributed by atoms with Gasteiger partial charge in [0.05, 0.1) is 0 Å². The lowest BCUT2D eigenvalue weighted by Crippen LogP contribution is -2.33. The molecule has 1 rings (SSSR count). The quantitative estimate of drug-likeness (QED) is 0.788. The first-order valence-corrected chi connectivity index (χ1v) is 6.39. The Morgan fingerprint density at radius 2 is 1.88 bits per heavy atom. The van der Waals surface area contributed by atoms with E-state index in [9.17, 15) is 0 Å². The second-order valence-corrected chi connectivity index (χ2v) is 5.79. The third kappa shape index (κ3) is 5.10. The van der Waals surface area contributed by atoms with Crippen LogP contribution in [0.3, 0.4) is 0 Å². The van der Waals surface area contributed by atoms with Crippen LogP contribution in [-0.2, 0) is 6.42 Å². The molecule has 0 aromatic heterocycles. The maximum absolute atomic E-state index is 9.10. The Hall–Kier alpha value is -0.380. The molecule has 3 heteroatoms. The van der Waals surface area contributed by atoms with Gasteiger partial charge < -0.3 is 10.4 Å². The SMILES string of the molecule is CC(C)(CO)CNCCc1ccc(Br)cc1. The van der Waals surface area contributed by atoms with Gasteiger partial charge in [-0.25, -0.2) is 0 Å². The monoisotopic (exact) mass is 285 g/mol. The third-order valence-electron chi connectivity index (χ3n) is 2.54. The highest BCUT2D eigenvalue weighted by atomic mass is 79.9. The maximum Gasteiger partial charge on any atom is 0.0494 e. The second-order valence-electron chi connectivity index (χ2n) is 4.88. The minimum atomic E-state index is -0.0281. The Morgan fingerprint density at radius 3 is 2.44 bits per heavy atom. The van der Waals surface area contributed by atoms with Crippen LogP contribution in [0, 0.1) is 5.41 Å². The Labute approximate surface area is 106 Å². The summed E-state index contributed by atoms with van der Waals surface area (Å²) in [6.07, 6.45) is 1.02. The van der Waals surface area contributed by atoms with Crippen molar-refractivity contribution < 1.29 is 5.11 Å². The Kier molecular flexibility index (Phi) is 5.46. The molecular weight excluding hydrogens is 266 g/mol. The summed E-state index contributed by atoms with van der Waals surface area (Å²) < 4.78 is 1.12. The lowest BCUT2D eigenvalue weighted by molar-refractivity contribution is 0.157. The number of nitrogens with one attached hydrogen (secondary N) is 1. The number of aliphatic hydroxyl groups excluding tert-OH is 1. The molecule has 0 bridgehead atoms. The predicted molar refractivity (Wildman–Crippen MR) is 71.6 cm³/mol. The molecule has 1 aromatic carbocycles. The Balaban J connectivity index is 2.23. The number of hydrogen-bond donors (Lipinski definition) is 2. The van der Waals surface area contributed by atoms with Crippen molar-refractivity contribution in [2.75, 3.05) is 19.7 Å². The van der Waals surface area contributed by atoms with Crippen LogP contribution in [-0.4, -0.2) is 24.8 Å². The summed E-state index contributed by atoms with van der Waals surface area (Å²) in [6.45, 7) is 6.13. The van der Waals surface area contributed by atoms with Gasteiger partial charge in [0.1, 0.15) is 0 Å². The van der Waals surface area contributed by atoms with Gasteiger partial charge in [0, 0.05) is 23.0 Å². The van der Waals surface area contributed by atoms with E-state index in [0.29, 0.717) is 0 Å². The summed E-state index contributed by atoms with van der Waals surface area (Å²) in [5.41, 5.74) is 1.30. The highest BCUT2D eigenvalue weighted by molar-refractivity contribution is 9.10. The standard InChI is InChI=1S/C13H20BrNO/c1-13(2,10-16)9-15-8-7-11-3-5-12(14)6-4-11/h3-6,15-16H,7-10H2,1-2H3. The minimum absolute atomic E-state index is 0.0281. The fourth-order valence-corrected chi connectivity index (χ4v) is 1.63. The lowest BCUT2D eigenvalue weighted by atomic mass is 9.95. The topological polar surface area (TPSA) is 32.3 Å². The highest BCUT2D eigenvalue weighted by Crippen LogP contribution is 2.12. The van der Waals surface area contributed by atoms with E-state index in [-0.39, 0.29) is 12.0 Å². The van der Waals surface area contributed by atoms with Gasteiger partial charge in [0.2, 0.25) is 0 Å². The molecule has 16 heavy (non-hydrogen) atoms. The number of benzene rings is 1. The number of rotatable bonds is 6. The van der Waals surface area contributed by atoms with E-state index < -0.39 is 0 Å². The molecule has 0 radical (unpaired) electrons. The predicted octanol–water partition coefficient (Wildman–Crippen LogP) is 2.60. The smallest absolute Gasteiger partial charge is 0.0494 e. The molecule has 0 aliphatic rings. The zero-order valence-electron chi connectivity index (χ0n) is 9.96. The average molecular weight is 286 g/mol. The molecular formula is C13H20BrNO. The second kappa shape index (κ2) is 6.38. The van der Waals surface area contributed by atoms with Crippen molar-refractivity contribution in [3.8, 4) is 0 Å². The largest absolute Gasteiger partial charge is 0.396 e. The molecule has 0 aliphatic heterocycles. The van der Waals surface area contributed by atoms with Crippen LogP contribution < -0.4 is 5.32 Å². The highest BCUT2D eigenvalue weighted by Gasteiger charge is 2.14. The van der Waals surface area contributed by atoms with Gasteiger partial charge in [-0.05, 0) is 30.7 Å². The van der Waals surface area contributed by atoms with Gasteiger partial charge in [-0.2, -0.15) is 0 Å². The van der Waals surface area contributed by atoms with Crippen molar-refractivity contribution >= 4 is 15.9 Å². The fourth-order valence-electron chi connectivity index (χ4n) is 1.37. The van der Waals surface area contributed by atoms with Crippen molar-refractivity contribution in [1.29, 1.82) is 0 Å². The van der Waals surface area contributed by atoms with Crippen LogP contribution in [0.1, 0.15) is 19.4 Å². The first-order chi connectivity index (χ1) is 7.53. The van der Waals surface area contributed by atoms with E-state index in [1.807, 2.05) is 0 Å².